The second-order valence-electron chi connectivity index (χ2n) is 5.73. The molecule has 0 saturated carbocycles. The van der Waals surface area contributed by atoms with Crippen LogP contribution in [0.5, 0.6) is 0 Å². The number of aryl methyl sites for hydroxylation is 2. The van der Waals surface area contributed by atoms with Gasteiger partial charge in [0.15, 0.2) is 0 Å². The molecule has 0 bridgehead atoms. The number of hydrogen-bond donors (Lipinski definition) is 1. The Morgan fingerprint density at radius 3 is 2.57 bits per heavy atom. The molecule has 3 heterocycles. The molecule has 8 heteroatoms. The lowest BCUT2D eigenvalue weighted by atomic mass is 10.1. The van der Waals surface area contributed by atoms with Gasteiger partial charge in [-0.05, 0) is 38.8 Å². The molecule has 0 radical (unpaired) electrons. The van der Waals surface area contributed by atoms with Crippen molar-refractivity contribution in [3.8, 4) is 0 Å². The minimum absolute atomic E-state index is 0.237. The number of aromatic nitrogens is 2. The van der Waals surface area contributed by atoms with Crippen LogP contribution in [-0.4, -0.2) is 41.8 Å². The van der Waals surface area contributed by atoms with Gasteiger partial charge in [-0.15, -0.1) is 11.3 Å². The van der Waals surface area contributed by atoms with Crippen LogP contribution in [-0.2, 0) is 10.0 Å². The monoisotopic (exact) mass is 352 g/mol. The largest absolute Gasteiger partial charge is 0.367 e. The molecule has 1 aliphatic rings. The predicted octanol–water partition coefficient (Wildman–Crippen LogP) is 2.42. The van der Waals surface area contributed by atoms with Gasteiger partial charge >= 0.3 is 0 Å². The molecule has 0 aliphatic carbocycles. The van der Waals surface area contributed by atoms with E-state index >= 15 is 0 Å². The molecule has 0 amide bonds. The summed E-state index contributed by atoms with van der Waals surface area (Å²) in [7, 11) is -3.35. The Labute approximate surface area is 140 Å². The van der Waals surface area contributed by atoms with Crippen molar-refractivity contribution in [3.05, 3.63) is 35.1 Å². The van der Waals surface area contributed by atoms with Gasteiger partial charge in [-0.2, -0.15) is 4.31 Å². The SMILES string of the molecule is Cc1cc(NC2CCN(S(=O)(=O)c3ccc(C)s3)CC2)ncn1. The Bertz CT molecular complexity index is 780. The molecular formula is C15H20N4O2S2. The van der Waals surface area contributed by atoms with Crippen LogP contribution < -0.4 is 5.32 Å². The molecule has 1 saturated heterocycles. The number of nitrogens with zero attached hydrogens (tertiary/aromatic N) is 3. The summed E-state index contributed by atoms with van der Waals surface area (Å²) in [4.78, 5) is 9.29. The third-order valence-electron chi connectivity index (χ3n) is 3.92. The van der Waals surface area contributed by atoms with Gasteiger partial charge in [0.1, 0.15) is 16.4 Å². The van der Waals surface area contributed by atoms with E-state index in [1.807, 2.05) is 26.0 Å². The quantitative estimate of drug-likeness (QED) is 0.914. The van der Waals surface area contributed by atoms with Gasteiger partial charge in [0.25, 0.3) is 10.0 Å². The highest BCUT2D eigenvalue weighted by atomic mass is 32.2. The Kier molecular flexibility index (Phi) is 4.65. The Hall–Kier alpha value is -1.51. The van der Waals surface area contributed by atoms with E-state index in [0.29, 0.717) is 17.3 Å². The topological polar surface area (TPSA) is 75.2 Å². The number of hydrogen-bond acceptors (Lipinski definition) is 6. The fraction of sp³-hybridized carbons (Fsp3) is 0.467. The molecular weight excluding hydrogens is 332 g/mol. The van der Waals surface area contributed by atoms with Crippen LogP contribution in [0.15, 0.2) is 28.7 Å². The van der Waals surface area contributed by atoms with Crippen LogP contribution in [0.1, 0.15) is 23.4 Å². The van der Waals surface area contributed by atoms with Crippen LogP contribution in [0, 0.1) is 13.8 Å². The van der Waals surface area contributed by atoms with Crippen molar-refractivity contribution in [2.24, 2.45) is 0 Å². The zero-order chi connectivity index (χ0) is 16.4. The maximum Gasteiger partial charge on any atom is 0.252 e. The van der Waals surface area contributed by atoms with Crippen molar-refractivity contribution in [1.29, 1.82) is 0 Å². The Balaban J connectivity index is 1.62. The molecule has 2 aromatic rings. The number of anilines is 1. The first kappa shape index (κ1) is 16.4. The first-order valence-corrected chi connectivity index (χ1v) is 9.82. The summed E-state index contributed by atoms with van der Waals surface area (Å²) < 4.78 is 27.2. The summed E-state index contributed by atoms with van der Waals surface area (Å²) in [5.74, 6) is 0.799. The third kappa shape index (κ3) is 3.70. The molecule has 124 valence electrons. The van der Waals surface area contributed by atoms with Crippen molar-refractivity contribution < 1.29 is 8.42 Å². The molecule has 6 nitrogen and oxygen atoms in total. The highest BCUT2D eigenvalue weighted by Gasteiger charge is 2.30. The first-order valence-electron chi connectivity index (χ1n) is 7.57. The molecule has 0 unspecified atom stereocenters. The van der Waals surface area contributed by atoms with Crippen LogP contribution in [0.3, 0.4) is 0 Å². The van der Waals surface area contributed by atoms with Crippen LogP contribution >= 0.6 is 11.3 Å². The lowest BCUT2D eigenvalue weighted by molar-refractivity contribution is 0.330. The van der Waals surface area contributed by atoms with Crippen molar-refractivity contribution in [2.45, 2.75) is 36.9 Å². The van der Waals surface area contributed by atoms with E-state index in [-0.39, 0.29) is 6.04 Å². The standard InChI is InChI=1S/C15H20N4O2S2/c1-11-9-14(17-10-16-11)18-13-5-7-19(8-6-13)23(20,21)15-4-3-12(2)22-15/h3-4,9-10,13H,5-8H2,1-2H3,(H,16,17,18). The highest BCUT2D eigenvalue weighted by Crippen LogP contribution is 2.27. The van der Waals surface area contributed by atoms with Crippen LogP contribution in [0.4, 0.5) is 5.82 Å². The van der Waals surface area contributed by atoms with E-state index in [1.54, 1.807) is 10.4 Å². The zero-order valence-electron chi connectivity index (χ0n) is 13.2. The summed E-state index contributed by atoms with van der Waals surface area (Å²) in [6.45, 7) is 4.90. The second-order valence-corrected chi connectivity index (χ2v) is 9.19. The summed E-state index contributed by atoms with van der Waals surface area (Å²) in [6.07, 6.45) is 3.08. The number of sulfonamides is 1. The second kappa shape index (κ2) is 6.54. The lowest BCUT2D eigenvalue weighted by Crippen LogP contribution is -2.42. The van der Waals surface area contributed by atoms with Crippen LogP contribution in [0.2, 0.25) is 0 Å². The molecule has 1 fully saturated rings. The van der Waals surface area contributed by atoms with Gasteiger partial charge < -0.3 is 5.32 Å². The van der Waals surface area contributed by atoms with Crippen molar-refractivity contribution in [1.82, 2.24) is 14.3 Å². The minimum Gasteiger partial charge on any atom is -0.367 e. The fourth-order valence-electron chi connectivity index (χ4n) is 2.66. The first-order chi connectivity index (χ1) is 10.9. The molecule has 23 heavy (non-hydrogen) atoms. The molecule has 1 aliphatic heterocycles. The number of nitrogens with one attached hydrogen (secondary N) is 1. The van der Waals surface area contributed by atoms with Gasteiger partial charge in [0.05, 0.1) is 0 Å². The maximum absolute atomic E-state index is 12.6. The lowest BCUT2D eigenvalue weighted by Gasteiger charge is -2.31. The summed E-state index contributed by atoms with van der Waals surface area (Å²) in [5, 5.41) is 3.37. The average Bonchev–Trinajstić information content (AvgIpc) is 2.95. The van der Waals surface area contributed by atoms with Crippen LogP contribution in [0.25, 0.3) is 0 Å². The van der Waals surface area contributed by atoms with E-state index in [1.165, 1.54) is 17.7 Å². The van der Waals surface area contributed by atoms with Gasteiger partial charge in [0.2, 0.25) is 0 Å². The van der Waals surface area contributed by atoms with Gasteiger partial charge in [0, 0.05) is 35.8 Å². The van der Waals surface area contributed by atoms with Gasteiger partial charge in [-0.1, -0.05) is 0 Å². The Morgan fingerprint density at radius 1 is 1.22 bits per heavy atom. The van der Waals surface area contributed by atoms with E-state index < -0.39 is 10.0 Å². The summed E-state index contributed by atoms with van der Waals surface area (Å²) in [6, 6.07) is 5.69. The summed E-state index contributed by atoms with van der Waals surface area (Å²) >= 11 is 1.33. The van der Waals surface area contributed by atoms with Gasteiger partial charge in [-0.25, -0.2) is 18.4 Å². The predicted molar refractivity (Wildman–Crippen MR) is 91.2 cm³/mol. The van der Waals surface area contributed by atoms with E-state index in [2.05, 4.69) is 15.3 Å². The highest BCUT2D eigenvalue weighted by molar-refractivity contribution is 7.91. The summed E-state index contributed by atoms with van der Waals surface area (Å²) in [5.41, 5.74) is 0.913. The molecule has 2 aromatic heterocycles. The van der Waals surface area contributed by atoms with E-state index in [4.69, 9.17) is 0 Å². The smallest absolute Gasteiger partial charge is 0.252 e. The molecule has 0 atom stereocenters. The van der Waals surface area contributed by atoms with E-state index in [0.717, 1.165) is 29.2 Å². The average molecular weight is 352 g/mol. The molecule has 0 spiro atoms. The zero-order valence-corrected chi connectivity index (χ0v) is 14.8. The molecule has 3 rings (SSSR count). The van der Waals surface area contributed by atoms with Crippen molar-refractivity contribution in [2.75, 3.05) is 18.4 Å². The van der Waals surface area contributed by atoms with Crippen molar-refractivity contribution >= 4 is 27.2 Å². The molecule has 1 N–H and O–H groups in total. The minimum atomic E-state index is -3.35. The van der Waals surface area contributed by atoms with Crippen molar-refractivity contribution in [3.63, 3.8) is 0 Å². The number of rotatable bonds is 4. The normalized spacial score (nSPS) is 17.3. The number of thiophene rings is 1. The number of piperidine rings is 1. The fourth-order valence-corrected chi connectivity index (χ4v) is 5.57. The third-order valence-corrected chi connectivity index (χ3v) is 7.29. The Morgan fingerprint density at radius 2 is 1.96 bits per heavy atom. The van der Waals surface area contributed by atoms with E-state index in [9.17, 15) is 8.42 Å². The maximum atomic E-state index is 12.6. The molecule has 0 aromatic carbocycles. The van der Waals surface area contributed by atoms with Gasteiger partial charge in [-0.3, -0.25) is 0 Å².